The van der Waals surface area contributed by atoms with Crippen LogP contribution in [-0.2, 0) is 13.1 Å². The molecule has 0 bridgehead atoms. The highest BCUT2D eigenvalue weighted by Crippen LogP contribution is 2.39. The van der Waals surface area contributed by atoms with Gasteiger partial charge in [0.05, 0.1) is 11.6 Å². The van der Waals surface area contributed by atoms with Gasteiger partial charge in [-0.3, -0.25) is 0 Å². The van der Waals surface area contributed by atoms with Gasteiger partial charge < -0.3 is 24.7 Å². The van der Waals surface area contributed by atoms with E-state index < -0.39 is 0 Å². The summed E-state index contributed by atoms with van der Waals surface area (Å²) in [5.74, 6) is 2.07. The first-order valence-electron chi connectivity index (χ1n) is 7.97. The fraction of sp³-hybridized carbons (Fsp3) is 0.353. The third-order valence-electron chi connectivity index (χ3n) is 3.58. The lowest BCUT2D eigenvalue weighted by atomic mass is 10.2. The van der Waals surface area contributed by atoms with Crippen LogP contribution in [0, 0.1) is 0 Å². The van der Waals surface area contributed by atoms with Crippen molar-refractivity contribution in [1.29, 1.82) is 0 Å². The SMILES string of the molecule is CCNC(=NCc1cc(Cl)c2c(c1)OCO2)NCCn1cccc1.I. The molecule has 1 aromatic heterocycles. The van der Waals surface area contributed by atoms with Gasteiger partial charge in [-0.15, -0.1) is 24.0 Å². The molecule has 2 heterocycles. The second-order valence-electron chi connectivity index (χ2n) is 5.35. The van der Waals surface area contributed by atoms with Crippen LogP contribution in [0.4, 0.5) is 0 Å². The van der Waals surface area contributed by atoms with Gasteiger partial charge in [-0.05, 0) is 36.8 Å². The zero-order valence-electron chi connectivity index (χ0n) is 14.0. The fourth-order valence-electron chi connectivity index (χ4n) is 2.45. The molecule has 1 aliphatic heterocycles. The number of ether oxygens (including phenoxy) is 2. The lowest BCUT2D eigenvalue weighted by Gasteiger charge is -2.12. The molecule has 0 saturated carbocycles. The number of aromatic nitrogens is 1. The summed E-state index contributed by atoms with van der Waals surface area (Å²) in [6.45, 7) is 5.24. The molecule has 0 aliphatic carbocycles. The zero-order valence-corrected chi connectivity index (χ0v) is 17.1. The van der Waals surface area contributed by atoms with Crippen molar-refractivity contribution < 1.29 is 9.47 Å². The van der Waals surface area contributed by atoms with Gasteiger partial charge in [-0.2, -0.15) is 0 Å². The van der Waals surface area contributed by atoms with Gasteiger partial charge in [0.1, 0.15) is 0 Å². The first-order chi connectivity index (χ1) is 11.8. The van der Waals surface area contributed by atoms with Crippen LogP contribution in [0.2, 0.25) is 5.02 Å². The summed E-state index contributed by atoms with van der Waals surface area (Å²) in [6.07, 6.45) is 4.08. The molecule has 1 aromatic carbocycles. The number of aliphatic imine (C=N–C) groups is 1. The van der Waals surface area contributed by atoms with Crippen LogP contribution >= 0.6 is 35.6 Å². The highest BCUT2D eigenvalue weighted by atomic mass is 127. The number of nitrogens with one attached hydrogen (secondary N) is 2. The lowest BCUT2D eigenvalue weighted by molar-refractivity contribution is 0.174. The summed E-state index contributed by atoms with van der Waals surface area (Å²) in [7, 11) is 0. The molecule has 2 aromatic rings. The minimum Gasteiger partial charge on any atom is -0.454 e. The Balaban J connectivity index is 0.00000225. The smallest absolute Gasteiger partial charge is 0.231 e. The maximum atomic E-state index is 6.20. The number of halogens is 2. The number of fused-ring (bicyclic) bond motifs is 1. The third-order valence-corrected chi connectivity index (χ3v) is 3.86. The van der Waals surface area contributed by atoms with Crippen LogP contribution in [-0.4, -0.2) is 30.4 Å². The summed E-state index contributed by atoms with van der Waals surface area (Å²) >= 11 is 6.20. The summed E-state index contributed by atoms with van der Waals surface area (Å²) in [5.41, 5.74) is 0.979. The topological polar surface area (TPSA) is 59.8 Å². The highest BCUT2D eigenvalue weighted by Gasteiger charge is 2.18. The third kappa shape index (κ3) is 5.43. The van der Waals surface area contributed by atoms with Gasteiger partial charge in [0.2, 0.25) is 6.79 Å². The van der Waals surface area contributed by atoms with Gasteiger partial charge in [-0.1, -0.05) is 11.6 Å². The summed E-state index contributed by atoms with van der Waals surface area (Å²) in [6, 6.07) is 7.81. The van der Waals surface area contributed by atoms with Crippen LogP contribution in [0.5, 0.6) is 11.5 Å². The average molecular weight is 477 g/mol. The second-order valence-corrected chi connectivity index (χ2v) is 5.76. The lowest BCUT2D eigenvalue weighted by Crippen LogP contribution is -2.38. The Morgan fingerprint density at radius 2 is 2.04 bits per heavy atom. The Morgan fingerprint density at radius 3 is 2.80 bits per heavy atom. The van der Waals surface area contributed by atoms with Crippen molar-refractivity contribution in [2.24, 2.45) is 4.99 Å². The normalized spacial score (nSPS) is 12.6. The molecule has 2 N–H and O–H groups in total. The van der Waals surface area contributed by atoms with E-state index in [9.17, 15) is 0 Å². The van der Waals surface area contributed by atoms with Gasteiger partial charge in [0, 0.05) is 32.0 Å². The predicted molar refractivity (Wildman–Crippen MR) is 110 cm³/mol. The van der Waals surface area contributed by atoms with Crippen molar-refractivity contribution in [3.63, 3.8) is 0 Å². The van der Waals surface area contributed by atoms with Crippen molar-refractivity contribution >= 4 is 41.5 Å². The number of guanidine groups is 1. The molecule has 136 valence electrons. The molecule has 0 unspecified atom stereocenters. The van der Waals surface area contributed by atoms with E-state index >= 15 is 0 Å². The molecule has 0 atom stereocenters. The van der Waals surface area contributed by atoms with Gasteiger partial charge in [0.25, 0.3) is 0 Å². The Labute approximate surface area is 169 Å². The molecule has 25 heavy (non-hydrogen) atoms. The molecule has 0 spiro atoms. The maximum Gasteiger partial charge on any atom is 0.231 e. The van der Waals surface area contributed by atoms with E-state index in [4.69, 9.17) is 21.1 Å². The number of nitrogens with zero attached hydrogens (tertiary/aromatic N) is 2. The van der Waals surface area contributed by atoms with E-state index in [1.54, 1.807) is 0 Å². The molecule has 8 heteroatoms. The summed E-state index contributed by atoms with van der Waals surface area (Å²) in [4.78, 5) is 4.60. The second kappa shape index (κ2) is 9.76. The standard InChI is InChI=1S/C17H21ClN4O2.HI/c1-2-19-17(20-5-8-22-6-3-4-7-22)21-11-13-9-14(18)16-15(10-13)23-12-24-16;/h3-4,6-7,9-10H,2,5,8,11-12H2,1H3,(H2,19,20,21);1H. The molecule has 0 fully saturated rings. The van der Waals surface area contributed by atoms with Crippen molar-refractivity contribution in [3.05, 3.63) is 47.2 Å². The Hall–Kier alpha value is -1.61. The van der Waals surface area contributed by atoms with E-state index in [-0.39, 0.29) is 30.8 Å². The van der Waals surface area contributed by atoms with Crippen molar-refractivity contribution in [2.45, 2.75) is 20.0 Å². The molecule has 0 amide bonds. The quantitative estimate of drug-likeness (QED) is 0.382. The maximum absolute atomic E-state index is 6.20. The Bertz CT molecular complexity index is 707. The van der Waals surface area contributed by atoms with Crippen LogP contribution in [0.1, 0.15) is 12.5 Å². The molecule has 1 aliphatic rings. The largest absolute Gasteiger partial charge is 0.454 e. The van der Waals surface area contributed by atoms with E-state index in [1.807, 2.05) is 43.6 Å². The number of hydrogen-bond donors (Lipinski definition) is 2. The van der Waals surface area contributed by atoms with E-state index in [0.717, 1.165) is 31.2 Å². The van der Waals surface area contributed by atoms with E-state index in [1.165, 1.54) is 0 Å². The first kappa shape index (κ1) is 19.7. The monoisotopic (exact) mass is 476 g/mol. The highest BCUT2D eigenvalue weighted by molar-refractivity contribution is 14.0. The zero-order chi connectivity index (χ0) is 16.8. The van der Waals surface area contributed by atoms with Crippen LogP contribution < -0.4 is 20.1 Å². The number of hydrogen-bond acceptors (Lipinski definition) is 3. The average Bonchev–Trinajstić information content (AvgIpc) is 3.24. The Kier molecular flexibility index (Phi) is 7.70. The van der Waals surface area contributed by atoms with Gasteiger partial charge in [-0.25, -0.2) is 4.99 Å². The van der Waals surface area contributed by atoms with Crippen LogP contribution in [0.25, 0.3) is 0 Å². The fourth-order valence-corrected chi connectivity index (χ4v) is 2.73. The van der Waals surface area contributed by atoms with E-state index in [0.29, 0.717) is 23.1 Å². The minimum absolute atomic E-state index is 0. The summed E-state index contributed by atoms with van der Waals surface area (Å²) in [5, 5.41) is 7.12. The Morgan fingerprint density at radius 1 is 1.24 bits per heavy atom. The number of rotatable bonds is 6. The minimum atomic E-state index is 0. The van der Waals surface area contributed by atoms with Crippen LogP contribution in [0.15, 0.2) is 41.7 Å². The van der Waals surface area contributed by atoms with E-state index in [2.05, 4.69) is 20.2 Å². The molecule has 3 rings (SSSR count). The van der Waals surface area contributed by atoms with Crippen molar-refractivity contribution in [2.75, 3.05) is 19.9 Å². The molecule has 0 saturated heterocycles. The van der Waals surface area contributed by atoms with Crippen LogP contribution in [0.3, 0.4) is 0 Å². The predicted octanol–water partition coefficient (Wildman–Crippen LogP) is 3.24. The first-order valence-corrected chi connectivity index (χ1v) is 8.35. The van der Waals surface area contributed by atoms with Crippen molar-refractivity contribution in [1.82, 2.24) is 15.2 Å². The van der Waals surface area contributed by atoms with Gasteiger partial charge in [0.15, 0.2) is 17.5 Å². The molecular weight excluding hydrogens is 455 g/mol. The van der Waals surface area contributed by atoms with Crippen molar-refractivity contribution in [3.8, 4) is 11.5 Å². The molecule has 6 nitrogen and oxygen atoms in total. The van der Waals surface area contributed by atoms with Gasteiger partial charge >= 0.3 is 0 Å². The summed E-state index contributed by atoms with van der Waals surface area (Å²) < 4.78 is 12.8. The molecular formula is C17H22ClIN4O2. The number of benzene rings is 1. The molecule has 0 radical (unpaired) electrons.